The Morgan fingerprint density at radius 1 is 1.36 bits per heavy atom. The monoisotopic (exact) mass is 313 g/mol. The minimum Gasteiger partial charge on any atom is -0.444 e. The number of nitrogens with one attached hydrogen (secondary N) is 2. The van der Waals surface area contributed by atoms with Crippen LogP contribution < -0.4 is 10.6 Å². The number of carbonyl (C=O) groups excluding carboxylic acids is 1. The van der Waals surface area contributed by atoms with E-state index in [1.807, 2.05) is 27.7 Å². The Balaban J connectivity index is 2.28. The second-order valence-electron chi connectivity index (χ2n) is 7.54. The molecule has 0 aromatic rings. The van der Waals surface area contributed by atoms with Crippen LogP contribution in [0.25, 0.3) is 0 Å². The number of ether oxygens (including phenoxy) is 1. The normalized spacial score (nSPS) is 22.9. The molecule has 0 bridgehead atoms. The van der Waals surface area contributed by atoms with Crippen molar-refractivity contribution < 1.29 is 9.53 Å². The number of likely N-dealkylation sites (tertiary alicyclic amines) is 1. The zero-order chi connectivity index (χ0) is 16.8. The summed E-state index contributed by atoms with van der Waals surface area (Å²) in [6, 6.07) is 0.528. The summed E-state index contributed by atoms with van der Waals surface area (Å²) in [5.41, 5.74) is -0.448. The number of alkyl carbamates (subject to hydrolysis) is 1. The number of rotatable bonds is 6. The molecule has 22 heavy (non-hydrogen) atoms. The third-order valence-corrected chi connectivity index (χ3v) is 4.21. The van der Waals surface area contributed by atoms with Gasteiger partial charge in [0.2, 0.25) is 0 Å². The van der Waals surface area contributed by atoms with E-state index in [2.05, 4.69) is 29.4 Å². The van der Waals surface area contributed by atoms with Gasteiger partial charge < -0.3 is 20.3 Å². The van der Waals surface area contributed by atoms with E-state index in [4.69, 9.17) is 4.74 Å². The molecule has 0 saturated carbocycles. The van der Waals surface area contributed by atoms with Crippen LogP contribution in [0.1, 0.15) is 54.4 Å². The average molecular weight is 313 g/mol. The molecule has 3 unspecified atom stereocenters. The largest absolute Gasteiger partial charge is 0.444 e. The number of nitrogens with zero attached hydrogens (tertiary/aromatic N) is 1. The van der Waals surface area contributed by atoms with Crippen molar-refractivity contribution in [2.75, 3.05) is 26.2 Å². The molecule has 0 radical (unpaired) electrons. The Morgan fingerprint density at radius 2 is 2.05 bits per heavy atom. The second kappa shape index (κ2) is 8.73. The van der Waals surface area contributed by atoms with Crippen LogP contribution in [0.3, 0.4) is 0 Å². The topological polar surface area (TPSA) is 53.6 Å². The maximum absolute atomic E-state index is 11.7. The van der Waals surface area contributed by atoms with Crippen molar-refractivity contribution in [1.82, 2.24) is 15.5 Å². The number of hydrogen-bond donors (Lipinski definition) is 2. The van der Waals surface area contributed by atoms with E-state index in [1.54, 1.807) is 0 Å². The molecule has 1 aliphatic heterocycles. The molecule has 0 spiro atoms. The zero-order valence-corrected chi connectivity index (χ0v) is 15.2. The molecule has 2 N–H and O–H groups in total. The SMILES string of the molecule is CCN1CCCC(C(C)NCC(C)NC(=O)OC(C)(C)C)C1. The summed E-state index contributed by atoms with van der Waals surface area (Å²) in [7, 11) is 0. The van der Waals surface area contributed by atoms with Gasteiger partial charge in [0.05, 0.1) is 0 Å². The summed E-state index contributed by atoms with van der Waals surface area (Å²) in [5.74, 6) is 0.697. The van der Waals surface area contributed by atoms with Crippen molar-refractivity contribution >= 4 is 6.09 Å². The van der Waals surface area contributed by atoms with Gasteiger partial charge >= 0.3 is 6.09 Å². The molecular weight excluding hydrogens is 278 g/mol. The summed E-state index contributed by atoms with van der Waals surface area (Å²) in [6.07, 6.45) is 2.23. The molecule has 1 saturated heterocycles. The summed E-state index contributed by atoms with van der Waals surface area (Å²) in [5, 5.41) is 6.45. The van der Waals surface area contributed by atoms with Gasteiger partial charge in [0.25, 0.3) is 0 Å². The highest BCUT2D eigenvalue weighted by Gasteiger charge is 2.24. The molecule has 5 nitrogen and oxygen atoms in total. The van der Waals surface area contributed by atoms with E-state index < -0.39 is 5.60 Å². The minimum absolute atomic E-state index is 0.0585. The lowest BCUT2D eigenvalue weighted by Gasteiger charge is -2.36. The van der Waals surface area contributed by atoms with Gasteiger partial charge in [0.15, 0.2) is 0 Å². The molecule has 5 heteroatoms. The van der Waals surface area contributed by atoms with Gasteiger partial charge in [0, 0.05) is 25.2 Å². The third-order valence-electron chi connectivity index (χ3n) is 4.21. The Kier molecular flexibility index (Phi) is 7.63. The van der Waals surface area contributed by atoms with Crippen molar-refractivity contribution in [2.24, 2.45) is 5.92 Å². The Morgan fingerprint density at radius 3 is 2.64 bits per heavy atom. The van der Waals surface area contributed by atoms with Gasteiger partial charge in [-0.25, -0.2) is 4.79 Å². The molecule has 1 fully saturated rings. The molecule has 130 valence electrons. The molecular formula is C17H35N3O2. The van der Waals surface area contributed by atoms with Crippen LogP contribution in [0.2, 0.25) is 0 Å². The first-order chi connectivity index (χ1) is 10.2. The number of carbonyl (C=O) groups is 1. The van der Waals surface area contributed by atoms with Crippen molar-refractivity contribution in [3.8, 4) is 0 Å². The van der Waals surface area contributed by atoms with Gasteiger partial charge in [0.1, 0.15) is 5.60 Å². The first kappa shape index (κ1) is 19.2. The maximum Gasteiger partial charge on any atom is 0.407 e. The third kappa shape index (κ3) is 7.45. The lowest BCUT2D eigenvalue weighted by molar-refractivity contribution is 0.0506. The predicted octanol–water partition coefficient (Wildman–Crippen LogP) is 2.61. The fourth-order valence-corrected chi connectivity index (χ4v) is 2.88. The lowest BCUT2D eigenvalue weighted by atomic mass is 9.91. The minimum atomic E-state index is -0.448. The molecule has 3 atom stereocenters. The molecule has 0 aromatic carbocycles. The quantitative estimate of drug-likeness (QED) is 0.791. The molecule has 1 amide bonds. The van der Waals surface area contributed by atoms with Crippen LogP contribution in [-0.2, 0) is 4.74 Å². The van der Waals surface area contributed by atoms with E-state index in [-0.39, 0.29) is 12.1 Å². The van der Waals surface area contributed by atoms with Crippen LogP contribution in [0, 0.1) is 5.92 Å². The highest BCUT2D eigenvalue weighted by Crippen LogP contribution is 2.19. The average Bonchev–Trinajstić information content (AvgIpc) is 2.42. The van der Waals surface area contributed by atoms with Crippen LogP contribution >= 0.6 is 0 Å². The van der Waals surface area contributed by atoms with Gasteiger partial charge in [-0.3, -0.25) is 0 Å². The number of piperidine rings is 1. The van der Waals surface area contributed by atoms with E-state index in [0.29, 0.717) is 12.0 Å². The zero-order valence-electron chi connectivity index (χ0n) is 15.2. The fourth-order valence-electron chi connectivity index (χ4n) is 2.88. The first-order valence-electron chi connectivity index (χ1n) is 8.66. The smallest absolute Gasteiger partial charge is 0.407 e. The van der Waals surface area contributed by atoms with E-state index >= 15 is 0 Å². The summed E-state index contributed by atoms with van der Waals surface area (Å²) in [6.45, 7) is 16.4. The van der Waals surface area contributed by atoms with Crippen LogP contribution in [0.5, 0.6) is 0 Å². The van der Waals surface area contributed by atoms with Gasteiger partial charge in [-0.15, -0.1) is 0 Å². The Bertz CT molecular complexity index is 341. The van der Waals surface area contributed by atoms with Crippen LogP contribution in [-0.4, -0.2) is 54.9 Å². The van der Waals surface area contributed by atoms with E-state index in [9.17, 15) is 4.79 Å². The van der Waals surface area contributed by atoms with Crippen LogP contribution in [0.15, 0.2) is 0 Å². The van der Waals surface area contributed by atoms with Crippen LogP contribution in [0.4, 0.5) is 4.79 Å². The summed E-state index contributed by atoms with van der Waals surface area (Å²) >= 11 is 0. The highest BCUT2D eigenvalue weighted by molar-refractivity contribution is 5.68. The van der Waals surface area contributed by atoms with E-state index in [0.717, 1.165) is 13.1 Å². The molecule has 0 aliphatic carbocycles. The van der Waals surface area contributed by atoms with E-state index in [1.165, 1.54) is 25.9 Å². The predicted molar refractivity (Wildman–Crippen MR) is 91.1 cm³/mol. The van der Waals surface area contributed by atoms with Crippen molar-refractivity contribution in [3.63, 3.8) is 0 Å². The molecule has 1 heterocycles. The van der Waals surface area contributed by atoms with Crippen molar-refractivity contribution in [1.29, 1.82) is 0 Å². The Labute approximate surface area is 136 Å². The molecule has 1 rings (SSSR count). The summed E-state index contributed by atoms with van der Waals surface area (Å²) < 4.78 is 5.28. The summed E-state index contributed by atoms with van der Waals surface area (Å²) in [4.78, 5) is 14.3. The highest BCUT2D eigenvalue weighted by atomic mass is 16.6. The van der Waals surface area contributed by atoms with Crippen molar-refractivity contribution in [2.45, 2.75) is 72.1 Å². The number of hydrogen-bond acceptors (Lipinski definition) is 4. The fraction of sp³-hybridized carbons (Fsp3) is 0.941. The van der Waals surface area contributed by atoms with Gasteiger partial charge in [-0.05, 0) is 66.5 Å². The number of amides is 1. The maximum atomic E-state index is 11.7. The first-order valence-corrected chi connectivity index (χ1v) is 8.66. The van der Waals surface area contributed by atoms with Crippen molar-refractivity contribution in [3.05, 3.63) is 0 Å². The molecule has 1 aliphatic rings. The van der Waals surface area contributed by atoms with Gasteiger partial charge in [-0.1, -0.05) is 6.92 Å². The Hall–Kier alpha value is -0.810. The van der Waals surface area contributed by atoms with Gasteiger partial charge in [-0.2, -0.15) is 0 Å². The molecule has 0 aromatic heterocycles. The second-order valence-corrected chi connectivity index (χ2v) is 7.54. The standard InChI is InChI=1S/C17H35N3O2/c1-7-20-10-8-9-15(12-20)14(3)18-11-13(2)19-16(21)22-17(4,5)6/h13-15,18H,7-12H2,1-6H3,(H,19,21). The lowest BCUT2D eigenvalue weighted by Crippen LogP contribution is -2.48.